The third kappa shape index (κ3) is 4.34. The normalized spacial score (nSPS) is 19.5. The molecule has 158 valence electrons. The van der Waals surface area contributed by atoms with Crippen LogP contribution in [0.15, 0.2) is 0 Å². The Hall–Kier alpha value is -1.89. The molecule has 1 saturated heterocycles. The second-order valence-electron chi connectivity index (χ2n) is 9.45. The lowest BCUT2D eigenvalue weighted by Crippen LogP contribution is -2.43. The molecule has 7 heteroatoms. The molecule has 0 spiro atoms. The Labute approximate surface area is 177 Å². The van der Waals surface area contributed by atoms with E-state index >= 15 is 0 Å². The van der Waals surface area contributed by atoms with E-state index in [4.69, 9.17) is 14.7 Å². The molecule has 0 radical (unpaired) electrons. The molecule has 2 aromatic heterocycles. The van der Waals surface area contributed by atoms with Gasteiger partial charge in [-0.2, -0.15) is 0 Å². The molecule has 29 heavy (non-hydrogen) atoms. The van der Waals surface area contributed by atoms with Crippen LogP contribution in [0, 0.1) is 12.8 Å². The van der Waals surface area contributed by atoms with Gasteiger partial charge in [-0.15, -0.1) is 11.3 Å². The summed E-state index contributed by atoms with van der Waals surface area (Å²) < 4.78 is 5.52. The number of hydrogen-bond acceptors (Lipinski definition) is 6. The molecule has 0 aromatic carbocycles. The number of nitrogens with zero attached hydrogens (tertiary/aromatic N) is 4. The van der Waals surface area contributed by atoms with E-state index in [9.17, 15) is 4.79 Å². The fourth-order valence-corrected chi connectivity index (χ4v) is 5.82. The van der Waals surface area contributed by atoms with Crippen molar-refractivity contribution >= 4 is 33.5 Å². The van der Waals surface area contributed by atoms with Crippen LogP contribution in [0.1, 0.15) is 56.3 Å². The molecule has 0 N–H and O–H groups in total. The van der Waals surface area contributed by atoms with E-state index in [1.54, 1.807) is 4.90 Å². The summed E-state index contributed by atoms with van der Waals surface area (Å²) in [6.07, 6.45) is 5.56. The van der Waals surface area contributed by atoms with Crippen LogP contribution >= 0.6 is 11.3 Å². The van der Waals surface area contributed by atoms with Crippen molar-refractivity contribution in [3.63, 3.8) is 0 Å². The molecule has 2 aromatic rings. The fraction of sp³-hybridized carbons (Fsp3) is 0.682. The number of fused-ring (bicyclic) bond motifs is 3. The average Bonchev–Trinajstić information content (AvgIpc) is 3.20. The minimum absolute atomic E-state index is 0.245. The van der Waals surface area contributed by atoms with Gasteiger partial charge in [0.25, 0.3) is 0 Å². The first-order chi connectivity index (χ1) is 13.7. The standard InChI is InChI=1S/C22H32N4O2S/c1-14-23-19(18-16-9-6-10-17(16)29-20(18)24-14)26-11-7-8-15(13-26)12-25(5)21(27)28-22(2,3)4/h15H,6-13H2,1-5H3. The van der Waals surface area contributed by atoms with Crippen molar-refractivity contribution < 1.29 is 9.53 Å². The molecule has 1 amide bonds. The van der Waals surface area contributed by atoms with E-state index in [0.717, 1.165) is 48.8 Å². The van der Waals surface area contributed by atoms with E-state index in [0.29, 0.717) is 12.5 Å². The fourth-order valence-electron chi connectivity index (χ4n) is 4.52. The summed E-state index contributed by atoms with van der Waals surface area (Å²) in [6, 6.07) is 0. The van der Waals surface area contributed by atoms with E-state index in [2.05, 4.69) is 4.90 Å². The summed E-state index contributed by atoms with van der Waals surface area (Å²) >= 11 is 1.85. The van der Waals surface area contributed by atoms with Crippen LogP contribution in [0.2, 0.25) is 0 Å². The molecular weight excluding hydrogens is 384 g/mol. The van der Waals surface area contributed by atoms with Crippen LogP contribution in [-0.4, -0.2) is 53.2 Å². The second kappa shape index (κ2) is 7.74. The second-order valence-corrected chi connectivity index (χ2v) is 10.5. The van der Waals surface area contributed by atoms with Gasteiger partial charge in [-0.3, -0.25) is 0 Å². The van der Waals surface area contributed by atoms with E-state index < -0.39 is 5.60 Å². The van der Waals surface area contributed by atoms with Crippen LogP contribution in [0.25, 0.3) is 10.2 Å². The summed E-state index contributed by atoms with van der Waals surface area (Å²) in [5.41, 5.74) is 1.01. The summed E-state index contributed by atoms with van der Waals surface area (Å²) in [7, 11) is 1.84. The highest BCUT2D eigenvalue weighted by molar-refractivity contribution is 7.19. The molecule has 2 aliphatic rings. The number of anilines is 1. The Morgan fingerprint density at radius 1 is 1.28 bits per heavy atom. The monoisotopic (exact) mass is 416 g/mol. The molecule has 0 bridgehead atoms. The van der Waals surface area contributed by atoms with Gasteiger partial charge in [-0.05, 0) is 71.3 Å². The SMILES string of the molecule is Cc1nc(N2CCCC(CN(C)C(=O)OC(C)(C)C)C2)c2c3c(sc2n1)CCC3. The molecule has 6 nitrogen and oxygen atoms in total. The van der Waals surface area contributed by atoms with Crippen molar-refractivity contribution in [1.82, 2.24) is 14.9 Å². The highest BCUT2D eigenvalue weighted by Gasteiger charge is 2.29. The number of aromatic nitrogens is 2. The van der Waals surface area contributed by atoms with Crippen LogP contribution in [-0.2, 0) is 17.6 Å². The largest absolute Gasteiger partial charge is 0.444 e. The van der Waals surface area contributed by atoms with Gasteiger partial charge in [-0.1, -0.05) is 0 Å². The Morgan fingerprint density at radius 2 is 2.07 bits per heavy atom. The van der Waals surface area contributed by atoms with Gasteiger partial charge in [0, 0.05) is 31.6 Å². The number of aryl methyl sites for hydroxylation is 3. The molecule has 1 aliphatic heterocycles. The van der Waals surface area contributed by atoms with Gasteiger partial charge >= 0.3 is 6.09 Å². The maximum Gasteiger partial charge on any atom is 0.410 e. The van der Waals surface area contributed by atoms with Crippen LogP contribution < -0.4 is 4.90 Å². The highest BCUT2D eigenvalue weighted by Crippen LogP contribution is 2.41. The number of carbonyl (C=O) groups excluding carboxylic acids is 1. The Morgan fingerprint density at radius 3 is 2.83 bits per heavy atom. The summed E-state index contributed by atoms with van der Waals surface area (Å²) in [5, 5.41) is 1.29. The van der Waals surface area contributed by atoms with Gasteiger partial charge in [-0.25, -0.2) is 14.8 Å². The minimum atomic E-state index is -0.465. The number of ether oxygens (including phenoxy) is 1. The molecule has 1 fully saturated rings. The molecule has 1 unspecified atom stereocenters. The van der Waals surface area contributed by atoms with Gasteiger partial charge in [0.05, 0.1) is 5.39 Å². The van der Waals surface area contributed by atoms with Gasteiger partial charge < -0.3 is 14.5 Å². The third-order valence-electron chi connectivity index (χ3n) is 5.71. The summed E-state index contributed by atoms with van der Waals surface area (Å²) in [5.74, 6) is 2.37. The number of thiophene rings is 1. The summed E-state index contributed by atoms with van der Waals surface area (Å²) in [4.78, 5) is 28.8. The number of amides is 1. The van der Waals surface area contributed by atoms with Crippen LogP contribution in [0.3, 0.4) is 0 Å². The number of piperidine rings is 1. The Bertz CT molecular complexity index is 918. The lowest BCUT2D eigenvalue weighted by molar-refractivity contribution is 0.0269. The number of hydrogen-bond donors (Lipinski definition) is 0. The summed E-state index contributed by atoms with van der Waals surface area (Å²) in [6.45, 7) is 10.4. The quantitative estimate of drug-likeness (QED) is 0.733. The number of rotatable bonds is 3. The van der Waals surface area contributed by atoms with Crippen molar-refractivity contribution in [3.05, 3.63) is 16.3 Å². The first kappa shape index (κ1) is 20.4. The smallest absolute Gasteiger partial charge is 0.410 e. The molecule has 4 rings (SSSR count). The molecule has 0 saturated carbocycles. The van der Waals surface area contributed by atoms with Crippen molar-refractivity contribution in [2.75, 3.05) is 31.6 Å². The van der Waals surface area contributed by atoms with Crippen molar-refractivity contribution in [3.8, 4) is 0 Å². The maximum atomic E-state index is 12.4. The lowest BCUT2D eigenvalue weighted by Gasteiger charge is -2.36. The first-order valence-electron chi connectivity index (χ1n) is 10.7. The zero-order chi connectivity index (χ0) is 20.8. The Balaban J connectivity index is 1.53. The molecule has 1 aliphatic carbocycles. The number of carbonyl (C=O) groups is 1. The van der Waals surface area contributed by atoms with Crippen molar-refractivity contribution in [2.45, 2.75) is 65.4 Å². The predicted molar refractivity (Wildman–Crippen MR) is 118 cm³/mol. The molecular formula is C22H32N4O2S. The molecule has 1 atom stereocenters. The van der Waals surface area contributed by atoms with Crippen LogP contribution in [0.5, 0.6) is 0 Å². The van der Waals surface area contributed by atoms with Crippen molar-refractivity contribution in [2.24, 2.45) is 5.92 Å². The molecule has 3 heterocycles. The first-order valence-corrected chi connectivity index (χ1v) is 11.5. The average molecular weight is 417 g/mol. The Kier molecular flexibility index (Phi) is 5.44. The van der Waals surface area contributed by atoms with Crippen LogP contribution in [0.4, 0.5) is 10.6 Å². The van der Waals surface area contributed by atoms with Gasteiger partial charge in [0.15, 0.2) is 0 Å². The maximum absolute atomic E-state index is 12.4. The predicted octanol–water partition coefficient (Wildman–Crippen LogP) is 4.57. The highest BCUT2D eigenvalue weighted by atomic mass is 32.1. The zero-order valence-electron chi connectivity index (χ0n) is 18.2. The van der Waals surface area contributed by atoms with Crippen molar-refractivity contribution in [1.29, 1.82) is 0 Å². The minimum Gasteiger partial charge on any atom is -0.444 e. The topological polar surface area (TPSA) is 58.6 Å². The third-order valence-corrected chi connectivity index (χ3v) is 6.90. The van der Waals surface area contributed by atoms with E-state index in [1.807, 2.05) is 46.1 Å². The zero-order valence-corrected chi connectivity index (χ0v) is 19.1. The van der Waals surface area contributed by atoms with E-state index in [-0.39, 0.29) is 6.09 Å². The van der Waals surface area contributed by atoms with Gasteiger partial charge in [0.1, 0.15) is 22.1 Å². The van der Waals surface area contributed by atoms with Gasteiger partial charge in [0.2, 0.25) is 0 Å². The lowest BCUT2D eigenvalue weighted by atomic mass is 9.97. The van der Waals surface area contributed by atoms with E-state index in [1.165, 1.54) is 28.7 Å².